The van der Waals surface area contributed by atoms with E-state index < -0.39 is 6.36 Å². The zero-order valence-corrected chi connectivity index (χ0v) is 12.7. The van der Waals surface area contributed by atoms with E-state index in [9.17, 15) is 18.0 Å². The van der Waals surface area contributed by atoms with Crippen molar-refractivity contribution in [2.75, 3.05) is 0 Å². The highest BCUT2D eigenvalue weighted by atomic mass is 79.9. The molecule has 3 nitrogen and oxygen atoms in total. The van der Waals surface area contributed by atoms with Crippen molar-refractivity contribution in [3.63, 3.8) is 0 Å². The summed E-state index contributed by atoms with van der Waals surface area (Å²) in [6.07, 6.45) is -4.00. The summed E-state index contributed by atoms with van der Waals surface area (Å²) in [6, 6.07) is 5.96. The minimum Gasteiger partial charge on any atom is -0.405 e. The van der Waals surface area contributed by atoms with Crippen molar-refractivity contribution < 1.29 is 22.7 Å². The lowest BCUT2D eigenvalue weighted by molar-refractivity contribution is -0.274. The highest BCUT2D eigenvalue weighted by Crippen LogP contribution is 2.33. The number of ether oxygens (including phenoxy) is 1. The molecule has 0 saturated carbocycles. The minimum absolute atomic E-state index is 0.178. The highest BCUT2D eigenvalue weighted by molar-refractivity contribution is 9.10. The van der Waals surface area contributed by atoms with Gasteiger partial charge in [-0.1, -0.05) is 0 Å². The van der Waals surface area contributed by atoms with E-state index >= 15 is 0 Å². The van der Waals surface area contributed by atoms with Crippen molar-refractivity contribution in [1.82, 2.24) is 4.57 Å². The Hall–Kier alpha value is -1.76. The number of aldehydes is 1. The van der Waals surface area contributed by atoms with Crippen LogP contribution in [0.15, 0.2) is 28.7 Å². The summed E-state index contributed by atoms with van der Waals surface area (Å²) >= 11 is 3.06. The smallest absolute Gasteiger partial charge is 0.405 e. The van der Waals surface area contributed by atoms with Gasteiger partial charge in [0.15, 0.2) is 6.29 Å². The SMILES string of the molecule is Cc1cc(C=O)c(C)n1-c1ccc(OC(F)(F)F)c(Br)c1. The van der Waals surface area contributed by atoms with Crippen LogP contribution in [0.4, 0.5) is 13.2 Å². The van der Waals surface area contributed by atoms with Gasteiger partial charge >= 0.3 is 6.36 Å². The molecule has 1 aromatic carbocycles. The molecule has 0 N–H and O–H groups in total. The maximum Gasteiger partial charge on any atom is 0.573 e. The summed E-state index contributed by atoms with van der Waals surface area (Å²) in [5.74, 6) is -0.315. The van der Waals surface area contributed by atoms with E-state index in [2.05, 4.69) is 20.7 Å². The minimum atomic E-state index is -4.74. The second-order valence-corrected chi connectivity index (χ2v) is 5.30. The first kappa shape index (κ1) is 15.6. The van der Waals surface area contributed by atoms with Gasteiger partial charge in [-0.05, 0) is 54.0 Å². The lowest BCUT2D eigenvalue weighted by atomic mass is 10.2. The van der Waals surface area contributed by atoms with Crippen molar-refractivity contribution in [3.05, 3.63) is 45.7 Å². The Morgan fingerprint density at radius 3 is 2.38 bits per heavy atom. The van der Waals surface area contributed by atoms with Crippen LogP contribution in [-0.2, 0) is 0 Å². The van der Waals surface area contributed by atoms with Gasteiger partial charge in [-0.2, -0.15) is 0 Å². The molecule has 0 bridgehead atoms. The largest absolute Gasteiger partial charge is 0.573 e. The van der Waals surface area contributed by atoms with Crippen molar-refractivity contribution in [3.8, 4) is 11.4 Å². The molecule has 0 saturated heterocycles. The number of hydrogen-bond acceptors (Lipinski definition) is 2. The Bertz CT molecular complexity index is 692. The number of carbonyl (C=O) groups is 1. The van der Waals surface area contributed by atoms with Crippen LogP contribution in [0.25, 0.3) is 5.69 Å². The van der Waals surface area contributed by atoms with Gasteiger partial charge in [0.25, 0.3) is 0 Å². The van der Waals surface area contributed by atoms with Crippen LogP contribution in [0.3, 0.4) is 0 Å². The summed E-state index contributed by atoms with van der Waals surface area (Å²) in [4.78, 5) is 10.9. The van der Waals surface area contributed by atoms with Crippen LogP contribution >= 0.6 is 15.9 Å². The number of nitrogens with zero attached hydrogens (tertiary/aromatic N) is 1. The van der Waals surface area contributed by atoms with Gasteiger partial charge in [0.1, 0.15) is 5.75 Å². The predicted octanol–water partition coefficient (Wildman–Crippen LogP) is 4.57. The molecule has 0 aliphatic carbocycles. The van der Waals surface area contributed by atoms with Crippen molar-refractivity contribution in [1.29, 1.82) is 0 Å². The molecule has 0 amide bonds. The fraction of sp³-hybridized carbons (Fsp3) is 0.214. The fourth-order valence-corrected chi connectivity index (χ4v) is 2.59. The van der Waals surface area contributed by atoms with Crippen molar-refractivity contribution in [2.45, 2.75) is 20.2 Å². The summed E-state index contributed by atoms with van der Waals surface area (Å²) in [7, 11) is 0. The Morgan fingerprint density at radius 2 is 1.90 bits per heavy atom. The predicted molar refractivity (Wildman–Crippen MR) is 75.0 cm³/mol. The third-order valence-corrected chi connectivity index (χ3v) is 3.62. The van der Waals surface area contributed by atoms with Crippen LogP contribution in [-0.4, -0.2) is 17.2 Å². The van der Waals surface area contributed by atoms with E-state index in [0.717, 1.165) is 17.7 Å². The first-order valence-electron chi connectivity index (χ1n) is 5.92. The van der Waals surface area contributed by atoms with Crippen LogP contribution in [0.5, 0.6) is 5.75 Å². The lowest BCUT2D eigenvalue weighted by Gasteiger charge is -2.14. The van der Waals surface area contributed by atoms with E-state index in [4.69, 9.17) is 0 Å². The van der Waals surface area contributed by atoms with Crippen LogP contribution in [0.2, 0.25) is 0 Å². The monoisotopic (exact) mass is 361 g/mol. The van der Waals surface area contributed by atoms with E-state index in [1.54, 1.807) is 17.6 Å². The zero-order chi connectivity index (χ0) is 15.8. The van der Waals surface area contributed by atoms with Gasteiger partial charge < -0.3 is 9.30 Å². The van der Waals surface area contributed by atoms with Crippen LogP contribution in [0.1, 0.15) is 21.7 Å². The van der Waals surface area contributed by atoms with Crippen LogP contribution in [0, 0.1) is 13.8 Å². The molecular weight excluding hydrogens is 351 g/mol. The highest BCUT2D eigenvalue weighted by Gasteiger charge is 2.32. The molecule has 0 aliphatic heterocycles. The number of rotatable bonds is 3. The molecule has 1 heterocycles. The number of alkyl halides is 3. The second-order valence-electron chi connectivity index (χ2n) is 4.44. The zero-order valence-electron chi connectivity index (χ0n) is 11.2. The molecule has 2 aromatic rings. The van der Waals surface area contributed by atoms with Crippen LogP contribution < -0.4 is 4.74 Å². The number of aryl methyl sites for hydroxylation is 1. The Morgan fingerprint density at radius 1 is 1.24 bits per heavy atom. The fourth-order valence-electron chi connectivity index (χ4n) is 2.14. The van der Waals surface area contributed by atoms with Gasteiger partial charge in [-0.15, -0.1) is 13.2 Å². The van der Waals surface area contributed by atoms with Gasteiger partial charge in [0.2, 0.25) is 0 Å². The van der Waals surface area contributed by atoms with E-state index in [-0.39, 0.29) is 10.2 Å². The summed E-state index contributed by atoms with van der Waals surface area (Å²) in [6.45, 7) is 3.58. The number of benzene rings is 1. The molecule has 0 spiro atoms. The Balaban J connectivity index is 2.46. The standard InChI is InChI=1S/C14H11BrF3NO2/c1-8-5-10(7-20)9(2)19(8)11-3-4-13(12(15)6-11)21-14(16,17)18/h3-7H,1-2H3. The first-order chi connectivity index (χ1) is 9.73. The molecule has 112 valence electrons. The summed E-state index contributed by atoms with van der Waals surface area (Å²) < 4.78 is 42.6. The molecule has 7 heteroatoms. The molecular formula is C14H11BrF3NO2. The molecule has 0 unspecified atom stereocenters. The average Bonchev–Trinajstić information content (AvgIpc) is 2.65. The summed E-state index contributed by atoms with van der Waals surface area (Å²) in [5, 5.41) is 0. The molecule has 0 atom stereocenters. The van der Waals surface area contributed by atoms with E-state index in [1.165, 1.54) is 18.2 Å². The maximum atomic E-state index is 12.2. The third kappa shape index (κ3) is 3.29. The molecule has 0 fully saturated rings. The van der Waals surface area contributed by atoms with Gasteiger partial charge in [-0.25, -0.2) is 0 Å². The average molecular weight is 362 g/mol. The molecule has 0 aliphatic rings. The number of halogens is 4. The third-order valence-electron chi connectivity index (χ3n) is 3.00. The Kier molecular flexibility index (Phi) is 4.13. The number of carbonyl (C=O) groups excluding carboxylic acids is 1. The van der Waals surface area contributed by atoms with Gasteiger partial charge in [-0.3, -0.25) is 4.79 Å². The second kappa shape index (κ2) is 5.55. The number of hydrogen-bond donors (Lipinski definition) is 0. The number of aromatic nitrogens is 1. The molecule has 21 heavy (non-hydrogen) atoms. The topological polar surface area (TPSA) is 31.2 Å². The molecule has 1 aromatic heterocycles. The van der Waals surface area contributed by atoms with Crippen molar-refractivity contribution >= 4 is 22.2 Å². The first-order valence-corrected chi connectivity index (χ1v) is 6.72. The van der Waals surface area contributed by atoms with E-state index in [0.29, 0.717) is 11.3 Å². The quantitative estimate of drug-likeness (QED) is 0.750. The maximum absolute atomic E-state index is 12.2. The van der Waals surface area contributed by atoms with Crippen molar-refractivity contribution in [2.24, 2.45) is 0 Å². The lowest BCUT2D eigenvalue weighted by Crippen LogP contribution is -2.17. The molecule has 2 rings (SSSR count). The van der Waals surface area contributed by atoms with E-state index in [1.807, 2.05) is 6.92 Å². The summed E-state index contributed by atoms with van der Waals surface area (Å²) in [5.41, 5.74) is 2.71. The van der Waals surface area contributed by atoms with Gasteiger partial charge in [0, 0.05) is 22.6 Å². The van der Waals surface area contributed by atoms with Gasteiger partial charge in [0.05, 0.1) is 4.47 Å². The normalized spacial score (nSPS) is 11.5. The molecule has 0 radical (unpaired) electrons. The Labute approximate surface area is 127 Å².